The lowest BCUT2D eigenvalue weighted by atomic mass is 9.97. The van der Waals surface area contributed by atoms with Crippen LogP contribution in [-0.2, 0) is 35.6 Å². The molecule has 4 aromatic carbocycles. The summed E-state index contributed by atoms with van der Waals surface area (Å²) in [6, 6.07) is 25.6. The summed E-state index contributed by atoms with van der Waals surface area (Å²) in [6.45, 7) is 0.480. The van der Waals surface area contributed by atoms with Gasteiger partial charge < -0.3 is 24.8 Å². The predicted octanol–water partition coefficient (Wildman–Crippen LogP) is 5.03. The summed E-state index contributed by atoms with van der Waals surface area (Å²) >= 11 is 0. The second-order valence-corrected chi connectivity index (χ2v) is 9.14. The summed E-state index contributed by atoms with van der Waals surface area (Å²) in [5.74, 6) is -1.87. The number of carbonyl (C=O) groups is 4. The smallest absolute Gasteiger partial charge is 0.336 e. The quantitative estimate of drug-likeness (QED) is 0.273. The number of hydrogen-bond acceptors (Lipinski definition) is 6. The highest BCUT2D eigenvalue weighted by Gasteiger charge is 2.22. The number of aromatic carboxylic acids is 1. The predicted molar refractivity (Wildman–Crippen MR) is 148 cm³/mol. The van der Waals surface area contributed by atoms with E-state index in [1.54, 1.807) is 66.7 Å². The summed E-state index contributed by atoms with van der Waals surface area (Å²) in [5.41, 5.74) is 3.94. The molecule has 0 unspecified atom stereocenters. The fourth-order valence-electron chi connectivity index (χ4n) is 4.23. The maximum absolute atomic E-state index is 12.5. The molecule has 1 heterocycles. The number of rotatable bonds is 8. The van der Waals surface area contributed by atoms with Gasteiger partial charge in [0.2, 0.25) is 0 Å². The number of carboxylic acids is 3. The molecule has 41 heavy (non-hydrogen) atoms. The van der Waals surface area contributed by atoms with Crippen molar-refractivity contribution in [1.29, 1.82) is 0 Å². The molecule has 0 aromatic heterocycles. The molecular weight excluding hydrogens is 528 g/mol. The summed E-state index contributed by atoms with van der Waals surface area (Å²) in [6.07, 6.45) is -0.148. The van der Waals surface area contributed by atoms with Gasteiger partial charge in [0, 0.05) is 16.7 Å². The number of aliphatic carboxylic acids is 2. The third-order valence-corrected chi connectivity index (χ3v) is 6.21. The van der Waals surface area contributed by atoms with Gasteiger partial charge in [0.05, 0.1) is 24.0 Å². The second kappa shape index (κ2) is 13.1. The molecule has 208 valence electrons. The first-order valence-electron chi connectivity index (χ1n) is 12.6. The number of carboxylic acid groups (broad SMARTS) is 3. The van der Waals surface area contributed by atoms with E-state index in [0.717, 1.165) is 5.56 Å². The zero-order chi connectivity index (χ0) is 29.4. The third-order valence-electron chi connectivity index (χ3n) is 6.21. The highest BCUT2D eigenvalue weighted by Crippen LogP contribution is 2.29. The zero-order valence-electron chi connectivity index (χ0n) is 21.8. The molecule has 3 N–H and O–H groups in total. The van der Waals surface area contributed by atoms with Crippen molar-refractivity contribution in [3.63, 3.8) is 0 Å². The molecule has 5 rings (SSSR count). The van der Waals surface area contributed by atoms with Crippen LogP contribution in [0.25, 0.3) is 0 Å². The van der Waals surface area contributed by atoms with Crippen molar-refractivity contribution in [2.24, 2.45) is 0 Å². The fraction of sp³-hybridized carbons (Fsp3) is 0.125. The van der Waals surface area contributed by atoms with Crippen molar-refractivity contribution < 1.29 is 44.0 Å². The molecule has 9 heteroatoms. The van der Waals surface area contributed by atoms with Gasteiger partial charge in [0.1, 0.15) is 24.7 Å². The van der Waals surface area contributed by atoms with Crippen LogP contribution in [0, 0.1) is 0 Å². The molecule has 0 atom stereocenters. The van der Waals surface area contributed by atoms with E-state index in [1.165, 1.54) is 6.07 Å². The Morgan fingerprint density at radius 3 is 2.07 bits per heavy atom. The highest BCUT2D eigenvalue weighted by atomic mass is 16.5. The van der Waals surface area contributed by atoms with Gasteiger partial charge >= 0.3 is 17.9 Å². The number of ether oxygens (including phenoxy) is 2. The minimum Gasteiger partial charge on any atom is -0.489 e. The van der Waals surface area contributed by atoms with Gasteiger partial charge in [-0.3, -0.25) is 14.4 Å². The van der Waals surface area contributed by atoms with E-state index in [0.29, 0.717) is 45.9 Å². The van der Waals surface area contributed by atoms with Crippen LogP contribution in [0.4, 0.5) is 0 Å². The van der Waals surface area contributed by atoms with Crippen molar-refractivity contribution in [2.45, 2.75) is 26.1 Å². The molecule has 9 nitrogen and oxygen atoms in total. The van der Waals surface area contributed by atoms with E-state index in [2.05, 4.69) is 0 Å². The maximum Gasteiger partial charge on any atom is 0.336 e. The minimum absolute atomic E-state index is 0.0396. The van der Waals surface area contributed by atoms with Crippen LogP contribution in [0.1, 0.15) is 48.5 Å². The maximum atomic E-state index is 12.5. The van der Waals surface area contributed by atoms with Crippen LogP contribution in [0.2, 0.25) is 0 Å². The van der Waals surface area contributed by atoms with E-state index in [1.807, 2.05) is 18.2 Å². The van der Waals surface area contributed by atoms with Crippen molar-refractivity contribution in [3.05, 3.63) is 130 Å². The van der Waals surface area contributed by atoms with Crippen LogP contribution in [0.15, 0.2) is 91.0 Å². The van der Waals surface area contributed by atoms with E-state index in [4.69, 9.17) is 24.8 Å². The summed E-state index contributed by atoms with van der Waals surface area (Å²) < 4.78 is 11.2. The first-order chi connectivity index (χ1) is 19.7. The largest absolute Gasteiger partial charge is 0.489 e. The Hall–Kier alpha value is -5.44. The molecule has 0 radical (unpaired) electrons. The SMILES string of the molecule is O=C(O)Cc1ccc(OCc2ccccc2C(=O)O)cc1.O=C(O)Cc1ccc2c(c1)C(=O)c1ccccc1CO2. The molecule has 0 fully saturated rings. The number of hydrogen-bond donors (Lipinski definition) is 3. The Morgan fingerprint density at radius 2 is 1.37 bits per heavy atom. The van der Waals surface area contributed by atoms with E-state index < -0.39 is 17.9 Å². The molecule has 0 bridgehead atoms. The number of benzene rings is 4. The van der Waals surface area contributed by atoms with E-state index in [-0.39, 0.29) is 30.8 Å². The lowest BCUT2D eigenvalue weighted by Crippen LogP contribution is -2.05. The second-order valence-electron chi connectivity index (χ2n) is 9.14. The lowest BCUT2D eigenvalue weighted by Gasteiger charge is -2.09. The minimum atomic E-state index is -0.994. The average Bonchev–Trinajstić information content (AvgIpc) is 3.09. The Bertz CT molecular complexity index is 1590. The summed E-state index contributed by atoms with van der Waals surface area (Å²) in [4.78, 5) is 45.0. The van der Waals surface area contributed by atoms with Crippen LogP contribution < -0.4 is 9.47 Å². The standard InChI is InChI=1S/C16H14O5.C16H12O4/c17-15(18)9-11-5-7-13(8-6-11)21-10-12-3-1-2-4-14(12)16(19)20;17-15(18)8-10-5-6-14-13(7-10)16(19)12-4-2-1-3-11(12)9-20-14/h1-8H,9-10H2,(H,17,18)(H,19,20);1-7H,8-9H2,(H,17,18). The molecule has 0 saturated carbocycles. The van der Waals surface area contributed by atoms with Gasteiger partial charge in [-0.15, -0.1) is 0 Å². The lowest BCUT2D eigenvalue weighted by molar-refractivity contribution is -0.137. The normalized spacial score (nSPS) is 11.5. The van der Waals surface area contributed by atoms with Crippen molar-refractivity contribution in [3.8, 4) is 11.5 Å². The van der Waals surface area contributed by atoms with Gasteiger partial charge in [0.15, 0.2) is 5.78 Å². The number of carbonyl (C=O) groups excluding carboxylic acids is 1. The fourth-order valence-corrected chi connectivity index (χ4v) is 4.23. The molecule has 0 amide bonds. The molecule has 4 aromatic rings. The van der Waals surface area contributed by atoms with Crippen LogP contribution in [0.3, 0.4) is 0 Å². The van der Waals surface area contributed by atoms with E-state index in [9.17, 15) is 19.2 Å². The van der Waals surface area contributed by atoms with Crippen LogP contribution in [0.5, 0.6) is 11.5 Å². The molecule has 0 aliphatic carbocycles. The van der Waals surface area contributed by atoms with Gasteiger partial charge in [-0.05, 0) is 41.5 Å². The Balaban J connectivity index is 0.000000189. The number of fused-ring (bicyclic) bond motifs is 2. The van der Waals surface area contributed by atoms with Gasteiger partial charge in [-0.25, -0.2) is 4.79 Å². The number of ketones is 1. The average molecular weight is 555 g/mol. The zero-order valence-corrected chi connectivity index (χ0v) is 21.8. The van der Waals surface area contributed by atoms with E-state index >= 15 is 0 Å². The van der Waals surface area contributed by atoms with Crippen molar-refractivity contribution in [2.75, 3.05) is 0 Å². The topological polar surface area (TPSA) is 147 Å². The van der Waals surface area contributed by atoms with Gasteiger partial charge in [-0.2, -0.15) is 0 Å². The Labute approximate surface area is 235 Å². The summed E-state index contributed by atoms with van der Waals surface area (Å²) in [5, 5.41) is 26.6. The Morgan fingerprint density at radius 1 is 0.732 bits per heavy atom. The first-order valence-corrected chi connectivity index (χ1v) is 12.6. The van der Waals surface area contributed by atoms with Crippen LogP contribution in [-0.4, -0.2) is 39.0 Å². The monoisotopic (exact) mass is 554 g/mol. The summed E-state index contributed by atoms with van der Waals surface area (Å²) in [7, 11) is 0. The Kier molecular flexibility index (Phi) is 9.11. The molecule has 0 saturated heterocycles. The molecule has 1 aliphatic rings. The van der Waals surface area contributed by atoms with Crippen molar-refractivity contribution in [1.82, 2.24) is 0 Å². The van der Waals surface area contributed by atoms with Crippen molar-refractivity contribution >= 4 is 23.7 Å². The first kappa shape index (κ1) is 28.6. The van der Waals surface area contributed by atoms with Gasteiger partial charge in [0.25, 0.3) is 0 Å². The van der Waals surface area contributed by atoms with Gasteiger partial charge in [-0.1, -0.05) is 60.7 Å². The molecular formula is C32H26O9. The molecule has 1 aliphatic heterocycles. The third kappa shape index (κ3) is 7.57. The highest BCUT2D eigenvalue weighted by molar-refractivity contribution is 6.12. The molecule has 0 spiro atoms. The van der Waals surface area contributed by atoms with Crippen LogP contribution >= 0.6 is 0 Å².